The quantitative estimate of drug-likeness (QED) is 0.787. The van der Waals surface area contributed by atoms with E-state index in [9.17, 15) is 4.21 Å². The van der Waals surface area contributed by atoms with Gasteiger partial charge >= 0.3 is 0 Å². The fourth-order valence-electron chi connectivity index (χ4n) is 1.47. The van der Waals surface area contributed by atoms with E-state index in [2.05, 4.69) is 27.8 Å². The first kappa shape index (κ1) is 15.0. The fourth-order valence-corrected chi connectivity index (χ4v) is 2.40. The highest BCUT2D eigenvalue weighted by atomic mass is 79.9. The highest BCUT2D eigenvalue weighted by Crippen LogP contribution is 2.10. The average Bonchev–Trinajstić information content (AvgIpc) is 2.46. The van der Waals surface area contributed by atoms with Crippen LogP contribution in [0.3, 0.4) is 0 Å². The van der Waals surface area contributed by atoms with Crippen molar-refractivity contribution in [3.05, 3.63) is 64.1 Å². The lowest BCUT2D eigenvalue weighted by atomic mass is 10.2. The SMILES string of the molecule is Cc1ccc([S@@](=O)OCC#Cc2ccc(Br)cc2)cc1. The van der Waals surface area contributed by atoms with Gasteiger partial charge in [-0.05, 0) is 43.3 Å². The number of halogens is 1. The summed E-state index contributed by atoms with van der Waals surface area (Å²) in [7, 11) is 0. The molecule has 0 aliphatic carbocycles. The molecule has 0 amide bonds. The van der Waals surface area contributed by atoms with Gasteiger partial charge in [-0.2, -0.15) is 0 Å². The third-order valence-electron chi connectivity index (χ3n) is 2.53. The van der Waals surface area contributed by atoms with Crippen LogP contribution in [0.15, 0.2) is 57.9 Å². The smallest absolute Gasteiger partial charge is 0.190 e. The number of benzene rings is 2. The van der Waals surface area contributed by atoms with Crippen LogP contribution in [0.1, 0.15) is 11.1 Å². The Hall–Kier alpha value is -1.41. The summed E-state index contributed by atoms with van der Waals surface area (Å²) in [5, 5.41) is 0. The highest BCUT2D eigenvalue weighted by Gasteiger charge is 2.02. The Bertz CT molecular complexity index is 652. The maximum atomic E-state index is 11.8. The number of hydrogen-bond acceptors (Lipinski definition) is 2. The molecule has 0 N–H and O–H groups in total. The summed E-state index contributed by atoms with van der Waals surface area (Å²) in [6.45, 7) is 2.12. The average molecular weight is 349 g/mol. The van der Waals surface area contributed by atoms with Crippen molar-refractivity contribution < 1.29 is 8.39 Å². The molecule has 2 aromatic rings. The molecule has 1 atom stereocenters. The van der Waals surface area contributed by atoms with Gasteiger partial charge in [0, 0.05) is 10.0 Å². The van der Waals surface area contributed by atoms with Gasteiger partial charge in [-0.1, -0.05) is 45.5 Å². The van der Waals surface area contributed by atoms with Crippen molar-refractivity contribution in [1.82, 2.24) is 0 Å². The summed E-state index contributed by atoms with van der Waals surface area (Å²) in [6.07, 6.45) is 0. The minimum atomic E-state index is -1.46. The van der Waals surface area contributed by atoms with E-state index >= 15 is 0 Å². The normalized spacial score (nSPS) is 11.5. The predicted octanol–water partition coefficient (Wildman–Crippen LogP) is 3.85. The second-order valence-electron chi connectivity index (χ2n) is 4.12. The van der Waals surface area contributed by atoms with Gasteiger partial charge in [0.05, 0.1) is 4.90 Å². The Balaban J connectivity index is 1.88. The van der Waals surface area contributed by atoms with Crippen molar-refractivity contribution in [1.29, 1.82) is 0 Å². The van der Waals surface area contributed by atoms with Crippen LogP contribution >= 0.6 is 15.9 Å². The first-order valence-corrected chi connectivity index (χ1v) is 7.88. The molecule has 0 fully saturated rings. The van der Waals surface area contributed by atoms with Crippen LogP contribution in [0.5, 0.6) is 0 Å². The van der Waals surface area contributed by atoms with Crippen LogP contribution in [0.4, 0.5) is 0 Å². The van der Waals surface area contributed by atoms with Gasteiger partial charge in [0.15, 0.2) is 11.1 Å². The molecule has 102 valence electrons. The van der Waals surface area contributed by atoms with Gasteiger partial charge in [0.25, 0.3) is 0 Å². The molecule has 0 spiro atoms. The van der Waals surface area contributed by atoms with Crippen molar-refractivity contribution >= 4 is 27.0 Å². The van der Waals surface area contributed by atoms with Gasteiger partial charge in [0.2, 0.25) is 0 Å². The van der Waals surface area contributed by atoms with Gasteiger partial charge in [0.1, 0.15) is 6.61 Å². The summed E-state index contributed by atoms with van der Waals surface area (Å²) >= 11 is 1.90. The van der Waals surface area contributed by atoms with Crippen LogP contribution in [0.2, 0.25) is 0 Å². The Morgan fingerprint density at radius 2 is 1.75 bits per heavy atom. The molecule has 2 nitrogen and oxygen atoms in total. The summed E-state index contributed by atoms with van der Waals surface area (Å²) in [5.74, 6) is 5.81. The monoisotopic (exact) mass is 348 g/mol. The van der Waals surface area contributed by atoms with Crippen LogP contribution in [-0.4, -0.2) is 10.8 Å². The zero-order chi connectivity index (χ0) is 14.4. The molecule has 4 heteroatoms. The van der Waals surface area contributed by atoms with Crippen molar-refractivity contribution in [3.63, 3.8) is 0 Å². The zero-order valence-corrected chi connectivity index (χ0v) is 13.3. The minimum absolute atomic E-state index is 0.135. The molecule has 0 saturated carbocycles. The summed E-state index contributed by atoms with van der Waals surface area (Å²) < 4.78 is 18.0. The van der Waals surface area contributed by atoms with Crippen LogP contribution < -0.4 is 0 Å². The van der Waals surface area contributed by atoms with Crippen molar-refractivity contribution in [2.24, 2.45) is 0 Å². The van der Waals surface area contributed by atoms with Crippen molar-refractivity contribution in [2.45, 2.75) is 11.8 Å². The molecule has 0 heterocycles. The maximum absolute atomic E-state index is 11.8. The number of hydrogen-bond donors (Lipinski definition) is 0. The Labute approximate surface area is 130 Å². The third-order valence-corrected chi connectivity index (χ3v) is 4.05. The van der Waals surface area contributed by atoms with Gasteiger partial charge < -0.3 is 0 Å². The van der Waals surface area contributed by atoms with Crippen LogP contribution in [-0.2, 0) is 15.3 Å². The molecule has 0 radical (unpaired) electrons. The summed E-state index contributed by atoms with van der Waals surface area (Å²) in [4.78, 5) is 0.654. The Morgan fingerprint density at radius 3 is 2.40 bits per heavy atom. The first-order chi connectivity index (χ1) is 9.65. The van der Waals surface area contributed by atoms with E-state index in [1.54, 1.807) is 12.1 Å². The Morgan fingerprint density at radius 1 is 1.10 bits per heavy atom. The fraction of sp³-hybridized carbons (Fsp3) is 0.125. The number of rotatable bonds is 3. The van der Waals surface area contributed by atoms with E-state index in [0.717, 1.165) is 15.6 Å². The van der Waals surface area contributed by atoms with Gasteiger partial charge in [-0.3, -0.25) is 4.18 Å². The van der Waals surface area contributed by atoms with Crippen molar-refractivity contribution in [2.75, 3.05) is 6.61 Å². The molecule has 20 heavy (non-hydrogen) atoms. The molecule has 0 unspecified atom stereocenters. The second kappa shape index (κ2) is 7.39. The summed E-state index contributed by atoms with van der Waals surface area (Å²) in [6, 6.07) is 15.1. The molecule has 0 aliphatic rings. The van der Waals surface area contributed by atoms with Gasteiger partial charge in [-0.25, -0.2) is 4.21 Å². The van der Waals surface area contributed by atoms with E-state index in [0.29, 0.717) is 4.90 Å². The van der Waals surface area contributed by atoms with E-state index in [1.165, 1.54) is 0 Å². The first-order valence-electron chi connectivity index (χ1n) is 6.01. The van der Waals surface area contributed by atoms with Gasteiger partial charge in [-0.15, -0.1) is 0 Å². The van der Waals surface area contributed by atoms with E-state index < -0.39 is 11.1 Å². The molecule has 2 aromatic carbocycles. The molecule has 0 aromatic heterocycles. The molecule has 0 bridgehead atoms. The topological polar surface area (TPSA) is 26.3 Å². The second-order valence-corrected chi connectivity index (χ2v) is 6.21. The van der Waals surface area contributed by atoms with E-state index in [-0.39, 0.29) is 6.61 Å². The highest BCUT2D eigenvalue weighted by molar-refractivity contribution is 9.10. The lowest BCUT2D eigenvalue weighted by Crippen LogP contribution is -1.98. The van der Waals surface area contributed by atoms with E-state index in [4.69, 9.17) is 4.18 Å². The van der Waals surface area contributed by atoms with Crippen molar-refractivity contribution in [3.8, 4) is 11.8 Å². The third kappa shape index (κ3) is 4.61. The molecule has 2 rings (SSSR count). The lowest BCUT2D eigenvalue weighted by molar-refractivity contribution is 0.402. The summed E-state index contributed by atoms with van der Waals surface area (Å²) in [5.41, 5.74) is 2.03. The molecular weight excluding hydrogens is 336 g/mol. The zero-order valence-electron chi connectivity index (χ0n) is 10.9. The standard InChI is InChI=1S/C16H13BrO2S/c1-13-4-10-16(11-5-13)20(18)19-12-2-3-14-6-8-15(17)9-7-14/h4-11H,12H2,1H3/t20-/m0/s1. The largest absolute Gasteiger partial charge is 0.274 e. The Kier molecular flexibility index (Phi) is 5.54. The molecule has 0 saturated heterocycles. The van der Waals surface area contributed by atoms with Crippen LogP contribution in [0.25, 0.3) is 0 Å². The van der Waals surface area contributed by atoms with E-state index in [1.807, 2.05) is 43.3 Å². The molecular formula is C16H13BrO2S. The van der Waals surface area contributed by atoms with Crippen LogP contribution in [0, 0.1) is 18.8 Å². The maximum Gasteiger partial charge on any atom is 0.190 e. The minimum Gasteiger partial charge on any atom is -0.274 e. The predicted molar refractivity (Wildman–Crippen MR) is 84.6 cm³/mol. The number of aryl methyl sites for hydroxylation is 1. The lowest BCUT2D eigenvalue weighted by Gasteiger charge is -2.00. The molecule has 0 aliphatic heterocycles.